The fraction of sp³-hybridized carbons (Fsp3) is 0.357. The van der Waals surface area contributed by atoms with Gasteiger partial charge in [0.2, 0.25) is 5.91 Å². The third-order valence-electron chi connectivity index (χ3n) is 7.08. The van der Waals surface area contributed by atoms with Gasteiger partial charge in [-0.15, -0.1) is 0 Å². The molecule has 5 N–H and O–H groups in total. The Kier molecular flexibility index (Phi) is 10.2. The maximum Gasteiger partial charge on any atom is 0.469 e. The van der Waals surface area contributed by atoms with Gasteiger partial charge in [-0.05, 0) is 44.0 Å². The number of carbonyl (C=O) groups is 1. The van der Waals surface area contributed by atoms with E-state index in [1.807, 2.05) is 0 Å². The third-order valence-corrected chi connectivity index (χ3v) is 7.56. The van der Waals surface area contributed by atoms with Crippen LogP contribution in [0.4, 0.5) is 26.1 Å². The van der Waals surface area contributed by atoms with Crippen molar-refractivity contribution < 1.29 is 41.9 Å². The zero-order valence-corrected chi connectivity index (χ0v) is 25.1. The van der Waals surface area contributed by atoms with Gasteiger partial charge < -0.3 is 29.9 Å². The molecule has 17 heteroatoms. The number of nitrogens with zero attached hydrogens (tertiary/aromatic N) is 4. The number of aromatic nitrogens is 4. The van der Waals surface area contributed by atoms with Crippen molar-refractivity contribution in [3.8, 4) is 11.5 Å². The zero-order valence-electron chi connectivity index (χ0n) is 24.2. The molecule has 0 aliphatic carbocycles. The first-order valence-electron chi connectivity index (χ1n) is 14.0. The summed E-state index contributed by atoms with van der Waals surface area (Å²) in [6.45, 7) is 1.85. The van der Waals surface area contributed by atoms with Gasteiger partial charge in [-0.3, -0.25) is 19.3 Å². The minimum absolute atomic E-state index is 0.00602. The van der Waals surface area contributed by atoms with Crippen LogP contribution in [0.2, 0.25) is 0 Å². The number of H-pyrrole nitrogens is 1. The van der Waals surface area contributed by atoms with Gasteiger partial charge in [-0.1, -0.05) is 0 Å². The summed E-state index contributed by atoms with van der Waals surface area (Å²) in [7, 11) is -2.99. The third kappa shape index (κ3) is 8.93. The lowest BCUT2D eigenvalue weighted by Gasteiger charge is -2.24. The molecule has 1 fully saturated rings. The number of ether oxygens (including phenoxy) is 2. The summed E-state index contributed by atoms with van der Waals surface area (Å²) < 4.78 is 54.2. The SMILES string of the molecule is COc1cc2c(Nc3cc(CC(=O)Nc4cc(F)cc(F)c4)[nH]n3)ncnc2cc1OCCCN1CCC[C@H]1COP(=O)(O)O. The molecule has 2 aromatic heterocycles. The largest absolute Gasteiger partial charge is 0.493 e. The smallest absolute Gasteiger partial charge is 0.469 e. The zero-order chi connectivity index (χ0) is 32.0. The van der Waals surface area contributed by atoms with Crippen LogP contribution in [0.25, 0.3) is 10.9 Å². The number of benzene rings is 2. The van der Waals surface area contributed by atoms with Crippen LogP contribution < -0.4 is 20.1 Å². The molecule has 5 rings (SSSR count). The fourth-order valence-corrected chi connectivity index (χ4v) is 5.46. The Balaban J connectivity index is 1.18. The van der Waals surface area contributed by atoms with E-state index in [1.165, 1.54) is 13.4 Å². The van der Waals surface area contributed by atoms with Crippen LogP contribution in [-0.4, -0.2) is 80.2 Å². The summed E-state index contributed by atoms with van der Waals surface area (Å²) in [4.78, 5) is 41.2. The number of carbonyl (C=O) groups excluding carboxylic acids is 1. The van der Waals surface area contributed by atoms with E-state index in [0.717, 1.165) is 31.5 Å². The highest BCUT2D eigenvalue weighted by molar-refractivity contribution is 7.46. The van der Waals surface area contributed by atoms with E-state index in [9.17, 15) is 18.1 Å². The highest BCUT2D eigenvalue weighted by Crippen LogP contribution is 2.37. The number of nitrogens with one attached hydrogen (secondary N) is 3. The summed E-state index contributed by atoms with van der Waals surface area (Å²) in [6.07, 6.45) is 3.67. The predicted octanol–water partition coefficient (Wildman–Crippen LogP) is 3.91. The number of methoxy groups -OCH3 is 1. The fourth-order valence-electron chi connectivity index (χ4n) is 5.09. The summed E-state index contributed by atoms with van der Waals surface area (Å²) in [5.41, 5.74) is 1.04. The number of hydrogen-bond donors (Lipinski definition) is 5. The first-order chi connectivity index (χ1) is 21.6. The molecule has 0 spiro atoms. The van der Waals surface area contributed by atoms with Crippen LogP contribution in [0.15, 0.2) is 42.7 Å². The molecule has 14 nitrogen and oxygen atoms in total. The van der Waals surface area contributed by atoms with E-state index in [-0.39, 0.29) is 24.8 Å². The Morgan fingerprint density at radius 3 is 2.69 bits per heavy atom. The number of phosphoric acid groups is 1. The molecule has 2 aromatic carbocycles. The summed E-state index contributed by atoms with van der Waals surface area (Å²) in [5.74, 6) is -0.332. The van der Waals surface area contributed by atoms with Crippen molar-refractivity contribution >= 4 is 42.0 Å². The van der Waals surface area contributed by atoms with Crippen molar-refractivity contribution in [2.75, 3.05) is 44.0 Å². The maximum atomic E-state index is 13.4. The molecule has 1 aliphatic heterocycles. The van der Waals surface area contributed by atoms with Crippen molar-refractivity contribution in [3.63, 3.8) is 0 Å². The van der Waals surface area contributed by atoms with Crippen LogP contribution in [-0.2, 0) is 20.3 Å². The highest BCUT2D eigenvalue weighted by atomic mass is 31.2. The molecule has 1 saturated heterocycles. The second kappa shape index (κ2) is 14.3. The van der Waals surface area contributed by atoms with Gasteiger partial charge in [-0.2, -0.15) is 5.10 Å². The van der Waals surface area contributed by atoms with Crippen molar-refractivity contribution in [2.45, 2.75) is 31.7 Å². The Hall–Kier alpha value is -4.21. The lowest BCUT2D eigenvalue weighted by molar-refractivity contribution is -0.115. The van der Waals surface area contributed by atoms with E-state index in [2.05, 4.69) is 35.7 Å². The summed E-state index contributed by atoms with van der Waals surface area (Å²) in [6, 6.07) is 7.79. The molecule has 1 amide bonds. The van der Waals surface area contributed by atoms with Crippen LogP contribution in [0, 0.1) is 11.6 Å². The molecule has 1 atom stereocenters. The Morgan fingerprint density at radius 2 is 1.93 bits per heavy atom. The number of aromatic amines is 1. The minimum atomic E-state index is -4.51. The van der Waals surface area contributed by atoms with Gasteiger partial charge in [-0.25, -0.2) is 23.3 Å². The highest BCUT2D eigenvalue weighted by Gasteiger charge is 2.27. The van der Waals surface area contributed by atoms with Crippen molar-refractivity contribution in [3.05, 3.63) is 60.1 Å². The Morgan fingerprint density at radius 1 is 1.13 bits per heavy atom. The lowest BCUT2D eigenvalue weighted by atomic mass is 10.2. The number of halogens is 2. The van der Waals surface area contributed by atoms with Gasteiger partial charge in [0, 0.05) is 47.6 Å². The minimum Gasteiger partial charge on any atom is -0.493 e. The first-order valence-corrected chi connectivity index (χ1v) is 15.6. The average molecular weight is 648 g/mol. The van der Waals surface area contributed by atoms with Crippen molar-refractivity contribution in [1.82, 2.24) is 25.1 Å². The monoisotopic (exact) mass is 647 g/mol. The average Bonchev–Trinajstić information content (AvgIpc) is 3.61. The van der Waals surface area contributed by atoms with Crippen LogP contribution in [0.1, 0.15) is 25.0 Å². The topological polar surface area (TPSA) is 184 Å². The van der Waals surface area contributed by atoms with Crippen LogP contribution in [0.3, 0.4) is 0 Å². The number of rotatable bonds is 14. The van der Waals surface area contributed by atoms with E-state index in [0.29, 0.717) is 65.4 Å². The van der Waals surface area contributed by atoms with E-state index in [4.69, 9.17) is 23.8 Å². The number of fused-ring (bicyclic) bond motifs is 1. The number of likely N-dealkylation sites (tertiary alicyclic amines) is 1. The van der Waals surface area contributed by atoms with E-state index >= 15 is 0 Å². The van der Waals surface area contributed by atoms with Crippen LogP contribution >= 0.6 is 7.82 Å². The first kappa shape index (κ1) is 32.2. The normalized spacial score (nSPS) is 15.4. The van der Waals surface area contributed by atoms with Crippen LogP contribution in [0.5, 0.6) is 11.5 Å². The second-order valence-corrected chi connectivity index (χ2v) is 11.6. The molecular formula is C28H32F2N7O7P. The van der Waals surface area contributed by atoms with Gasteiger partial charge in [0.15, 0.2) is 17.3 Å². The lowest BCUT2D eigenvalue weighted by Crippen LogP contribution is -2.34. The Bertz CT molecular complexity index is 1680. The Labute approximate surface area is 256 Å². The van der Waals surface area contributed by atoms with Gasteiger partial charge >= 0.3 is 7.82 Å². The second-order valence-electron chi connectivity index (χ2n) is 10.3. The van der Waals surface area contributed by atoms with Gasteiger partial charge in [0.05, 0.1) is 32.3 Å². The molecule has 0 unspecified atom stereocenters. The van der Waals surface area contributed by atoms with E-state index in [1.54, 1.807) is 18.2 Å². The molecule has 4 aromatic rings. The molecule has 0 radical (unpaired) electrons. The standard InChI is InChI=1S/C28H32F2N7O7P/c1-42-24-13-22-23(14-25(24)43-7-3-6-37-5-2-4-21(37)15-44-45(39,40)41)31-16-32-28(22)34-26-11-20(35-36-26)12-27(38)33-19-9-17(29)8-18(30)10-19/h8-11,13-14,16,21H,2-7,12,15H2,1H3,(H,33,38)(H2,39,40,41)(H2,31,32,34,35,36)/t21-/m0/s1. The van der Waals surface area contributed by atoms with E-state index < -0.39 is 25.4 Å². The number of amides is 1. The molecule has 0 bridgehead atoms. The summed E-state index contributed by atoms with van der Waals surface area (Å²) >= 11 is 0. The van der Waals surface area contributed by atoms with Gasteiger partial charge in [0.25, 0.3) is 0 Å². The van der Waals surface area contributed by atoms with Crippen molar-refractivity contribution in [2.24, 2.45) is 0 Å². The maximum absolute atomic E-state index is 13.4. The quantitative estimate of drug-likeness (QED) is 0.0984. The molecule has 45 heavy (non-hydrogen) atoms. The number of anilines is 3. The molecule has 240 valence electrons. The number of hydrogen-bond acceptors (Lipinski definition) is 10. The van der Waals surface area contributed by atoms with Crippen molar-refractivity contribution in [1.29, 1.82) is 0 Å². The number of phosphoric ester groups is 1. The molecule has 1 aliphatic rings. The predicted molar refractivity (Wildman–Crippen MR) is 159 cm³/mol. The summed E-state index contributed by atoms with van der Waals surface area (Å²) in [5, 5.41) is 13.1. The molecule has 3 heterocycles. The molecule has 0 saturated carbocycles. The molecular weight excluding hydrogens is 615 g/mol. The van der Waals surface area contributed by atoms with Gasteiger partial charge in [0.1, 0.15) is 23.8 Å².